The summed E-state index contributed by atoms with van der Waals surface area (Å²) in [6.07, 6.45) is 2.40. The van der Waals surface area contributed by atoms with E-state index < -0.39 is 0 Å². The van der Waals surface area contributed by atoms with Gasteiger partial charge in [-0.05, 0) is 42.4 Å². The van der Waals surface area contributed by atoms with Crippen molar-refractivity contribution >= 4 is 15.9 Å². The van der Waals surface area contributed by atoms with Gasteiger partial charge in [-0.25, -0.2) is 0 Å². The second-order valence-electron chi connectivity index (χ2n) is 4.29. The molecule has 2 rings (SSSR count). The summed E-state index contributed by atoms with van der Waals surface area (Å²) < 4.78 is 6.58. The van der Waals surface area contributed by atoms with Crippen LogP contribution in [0.3, 0.4) is 0 Å². The third-order valence-electron chi connectivity index (χ3n) is 3.35. The number of hydrogen-bond acceptors (Lipinski definition) is 1. The molecule has 0 spiro atoms. The van der Waals surface area contributed by atoms with E-state index in [1.165, 1.54) is 22.9 Å². The van der Waals surface area contributed by atoms with Gasteiger partial charge in [0.05, 0.1) is 0 Å². The zero-order chi connectivity index (χ0) is 10.7. The summed E-state index contributed by atoms with van der Waals surface area (Å²) in [5.41, 5.74) is 1.44. The molecule has 1 aromatic rings. The first-order valence-corrected chi connectivity index (χ1v) is 6.40. The monoisotopic (exact) mass is 268 g/mol. The maximum atomic E-state index is 5.40. The molecule has 0 bridgehead atoms. The van der Waals surface area contributed by atoms with E-state index in [1.54, 1.807) is 0 Å². The highest BCUT2D eigenvalue weighted by atomic mass is 79.9. The van der Waals surface area contributed by atoms with Crippen LogP contribution in [0.4, 0.5) is 0 Å². The van der Waals surface area contributed by atoms with Gasteiger partial charge in [-0.2, -0.15) is 0 Å². The minimum absolute atomic E-state index is 0.645. The van der Waals surface area contributed by atoms with E-state index in [2.05, 4.69) is 47.1 Å². The van der Waals surface area contributed by atoms with Crippen LogP contribution in [-0.4, -0.2) is 13.2 Å². The molecule has 2 heteroatoms. The second kappa shape index (κ2) is 5.13. The third kappa shape index (κ3) is 2.82. The first kappa shape index (κ1) is 11.2. The van der Waals surface area contributed by atoms with Crippen molar-refractivity contribution in [2.45, 2.75) is 25.7 Å². The summed E-state index contributed by atoms with van der Waals surface area (Å²) in [7, 11) is 0. The fourth-order valence-electron chi connectivity index (χ4n) is 2.28. The predicted octanol–water partition coefficient (Wildman–Crippen LogP) is 3.98. The molecule has 0 N–H and O–H groups in total. The lowest BCUT2D eigenvalue weighted by Gasteiger charge is -2.28. The third-order valence-corrected chi connectivity index (χ3v) is 3.84. The zero-order valence-electron chi connectivity index (χ0n) is 9.08. The van der Waals surface area contributed by atoms with Crippen LogP contribution in [0.2, 0.25) is 0 Å². The Bertz CT molecular complexity index is 318. The molecule has 1 nitrogen and oxygen atoms in total. The molecule has 0 amide bonds. The number of benzene rings is 1. The molecule has 0 aromatic heterocycles. The van der Waals surface area contributed by atoms with Gasteiger partial charge in [0.1, 0.15) is 0 Å². The zero-order valence-corrected chi connectivity index (χ0v) is 10.7. The van der Waals surface area contributed by atoms with Gasteiger partial charge >= 0.3 is 0 Å². The molecule has 1 atom stereocenters. The highest BCUT2D eigenvalue weighted by Gasteiger charge is 2.21. The lowest BCUT2D eigenvalue weighted by Crippen LogP contribution is -2.20. The molecule has 82 valence electrons. The van der Waals surface area contributed by atoms with Crippen molar-refractivity contribution in [3.8, 4) is 0 Å². The van der Waals surface area contributed by atoms with Crippen molar-refractivity contribution < 1.29 is 4.74 Å². The fourth-order valence-corrected chi connectivity index (χ4v) is 2.69. The Morgan fingerprint density at radius 2 is 2.07 bits per heavy atom. The van der Waals surface area contributed by atoms with Crippen LogP contribution in [0, 0.1) is 5.92 Å². The molecule has 1 fully saturated rings. The smallest absolute Gasteiger partial charge is 0.0468 e. The Hall–Kier alpha value is -0.340. The summed E-state index contributed by atoms with van der Waals surface area (Å²) in [6, 6.07) is 8.67. The summed E-state index contributed by atoms with van der Waals surface area (Å²) in [5, 5.41) is 0. The van der Waals surface area contributed by atoms with E-state index in [0.29, 0.717) is 5.92 Å². The average Bonchev–Trinajstić information content (AvgIpc) is 2.29. The van der Waals surface area contributed by atoms with Gasteiger partial charge in [-0.15, -0.1) is 0 Å². The van der Waals surface area contributed by atoms with Crippen molar-refractivity contribution in [2.24, 2.45) is 5.92 Å². The Kier molecular flexibility index (Phi) is 3.81. The molecule has 0 radical (unpaired) electrons. The van der Waals surface area contributed by atoms with Crippen LogP contribution in [0.1, 0.15) is 31.2 Å². The van der Waals surface area contributed by atoms with Crippen LogP contribution in [0.5, 0.6) is 0 Å². The quantitative estimate of drug-likeness (QED) is 0.789. The van der Waals surface area contributed by atoms with E-state index in [9.17, 15) is 0 Å². The molecular formula is C13H17BrO. The van der Waals surface area contributed by atoms with Gasteiger partial charge < -0.3 is 4.74 Å². The van der Waals surface area contributed by atoms with Crippen molar-refractivity contribution in [1.29, 1.82) is 0 Å². The number of ether oxygens (including phenoxy) is 1. The second-order valence-corrected chi connectivity index (χ2v) is 5.21. The van der Waals surface area contributed by atoms with E-state index in [4.69, 9.17) is 4.74 Å². The minimum atomic E-state index is 0.645. The molecular weight excluding hydrogens is 252 g/mol. The van der Waals surface area contributed by atoms with Gasteiger partial charge in [0.15, 0.2) is 0 Å². The normalized spacial score (nSPS) is 20.1. The van der Waals surface area contributed by atoms with Gasteiger partial charge in [-0.3, -0.25) is 0 Å². The molecule has 0 aliphatic carbocycles. The van der Waals surface area contributed by atoms with Gasteiger partial charge in [0, 0.05) is 17.7 Å². The summed E-state index contributed by atoms with van der Waals surface area (Å²) in [5.74, 6) is 1.43. The van der Waals surface area contributed by atoms with E-state index in [1.807, 2.05) is 0 Å². The SMILES string of the molecule is CC(c1cccc(Br)c1)C1CCOCC1. The molecule has 1 unspecified atom stereocenters. The fraction of sp³-hybridized carbons (Fsp3) is 0.538. The number of hydrogen-bond donors (Lipinski definition) is 0. The molecule has 0 saturated carbocycles. The molecule has 1 aliphatic rings. The van der Waals surface area contributed by atoms with E-state index in [0.717, 1.165) is 19.1 Å². The number of rotatable bonds is 2. The number of halogens is 1. The van der Waals surface area contributed by atoms with Gasteiger partial charge in [-0.1, -0.05) is 35.0 Å². The largest absolute Gasteiger partial charge is 0.381 e. The van der Waals surface area contributed by atoms with E-state index in [-0.39, 0.29) is 0 Å². The van der Waals surface area contributed by atoms with Gasteiger partial charge in [0.25, 0.3) is 0 Å². The van der Waals surface area contributed by atoms with Crippen LogP contribution >= 0.6 is 15.9 Å². The summed E-state index contributed by atoms with van der Waals surface area (Å²) in [6.45, 7) is 4.20. The van der Waals surface area contributed by atoms with Crippen LogP contribution < -0.4 is 0 Å². The molecule has 1 aliphatic heterocycles. The standard InChI is InChI=1S/C13H17BrO/c1-10(11-5-7-15-8-6-11)12-3-2-4-13(14)9-12/h2-4,9-11H,5-8H2,1H3. The Morgan fingerprint density at radius 1 is 1.33 bits per heavy atom. The van der Waals surface area contributed by atoms with Crippen molar-refractivity contribution in [2.75, 3.05) is 13.2 Å². The minimum Gasteiger partial charge on any atom is -0.381 e. The molecule has 1 heterocycles. The van der Waals surface area contributed by atoms with Crippen molar-refractivity contribution in [3.05, 3.63) is 34.3 Å². The topological polar surface area (TPSA) is 9.23 Å². The summed E-state index contributed by atoms with van der Waals surface area (Å²) in [4.78, 5) is 0. The Labute approximate surface area is 100.0 Å². The van der Waals surface area contributed by atoms with Crippen molar-refractivity contribution in [3.63, 3.8) is 0 Å². The molecule has 1 aromatic carbocycles. The van der Waals surface area contributed by atoms with E-state index >= 15 is 0 Å². The first-order chi connectivity index (χ1) is 7.27. The first-order valence-electron chi connectivity index (χ1n) is 5.60. The van der Waals surface area contributed by atoms with Crippen LogP contribution in [0.15, 0.2) is 28.7 Å². The van der Waals surface area contributed by atoms with Crippen LogP contribution in [0.25, 0.3) is 0 Å². The predicted molar refractivity (Wildman–Crippen MR) is 66.1 cm³/mol. The Morgan fingerprint density at radius 3 is 2.73 bits per heavy atom. The average molecular weight is 269 g/mol. The Balaban J connectivity index is 2.08. The maximum Gasteiger partial charge on any atom is 0.0468 e. The lowest BCUT2D eigenvalue weighted by molar-refractivity contribution is 0.0596. The maximum absolute atomic E-state index is 5.40. The van der Waals surface area contributed by atoms with Crippen molar-refractivity contribution in [1.82, 2.24) is 0 Å². The molecule has 15 heavy (non-hydrogen) atoms. The highest BCUT2D eigenvalue weighted by Crippen LogP contribution is 2.32. The lowest BCUT2D eigenvalue weighted by atomic mass is 9.83. The van der Waals surface area contributed by atoms with Crippen LogP contribution in [-0.2, 0) is 4.74 Å². The van der Waals surface area contributed by atoms with Gasteiger partial charge in [0.2, 0.25) is 0 Å². The summed E-state index contributed by atoms with van der Waals surface area (Å²) >= 11 is 3.53. The molecule has 1 saturated heterocycles. The highest BCUT2D eigenvalue weighted by molar-refractivity contribution is 9.10.